The summed E-state index contributed by atoms with van der Waals surface area (Å²) < 4.78 is 36.8. The Morgan fingerprint density at radius 2 is 2.17 bits per heavy atom. The number of carbonyl (C=O) groups excluding carboxylic acids is 1. The summed E-state index contributed by atoms with van der Waals surface area (Å²) in [5.41, 5.74) is 1.42. The van der Waals surface area contributed by atoms with Gasteiger partial charge in [0.15, 0.2) is 5.82 Å². The van der Waals surface area contributed by atoms with Crippen LogP contribution in [0.1, 0.15) is 15.5 Å². The predicted molar refractivity (Wildman–Crippen MR) is 54.0 cm³/mol. The summed E-state index contributed by atoms with van der Waals surface area (Å²) in [4.78, 5) is 14.7. The molecule has 3 N–H and O–H groups in total. The Labute approximate surface area is 101 Å². The molecular formula is C8H5F3N4O2S. The summed E-state index contributed by atoms with van der Waals surface area (Å²) in [5.74, 6) is -2.12. The van der Waals surface area contributed by atoms with Crippen molar-refractivity contribution < 1.29 is 23.2 Å². The molecule has 2 heterocycles. The number of hydroxylamine groups is 1. The highest BCUT2D eigenvalue weighted by Gasteiger charge is 2.35. The zero-order chi connectivity index (χ0) is 13.3. The van der Waals surface area contributed by atoms with Crippen LogP contribution < -0.4 is 5.48 Å². The summed E-state index contributed by atoms with van der Waals surface area (Å²) in [7, 11) is 0. The van der Waals surface area contributed by atoms with Crippen molar-refractivity contribution in [3.63, 3.8) is 0 Å². The molecule has 2 rings (SSSR count). The summed E-state index contributed by atoms with van der Waals surface area (Å²) in [5, 5.41) is 13.6. The second-order valence-corrected chi connectivity index (χ2v) is 4.19. The first kappa shape index (κ1) is 12.5. The van der Waals surface area contributed by atoms with Crippen LogP contribution in [0.4, 0.5) is 13.2 Å². The smallest absolute Gasteiger partial charge is 0.288 e. The van der Waals surface area contributed by atoms with E-state index in [4.69, 9.17) is 5.21 Å². The van der Waals surface area contributed by atoms with Gasteiger partial charge in [-0.1, -0.05) is 0 Å². The van der Waals surface area contributed by atoms with Gasteiger partial charge in [0, 0.05) is 0 Å². The Kier molecular flexibility index (Phi) is 3.05. The van der Waals surface area contributed by atoms with Crippen molar-refractivity contribution in [1.29, 1.82) is 0 Å². The van der Waals surface area contributed by atoms with Gasteiger partial charge in [0.2, 0.25) is 5.82 Å². The van der Waals surface area contributed by atoms with Gasteiger partial charge in [-0.15, -0.1) is 11.3 Å². The molecule has 6 nitrogen and oxygen atoms in total. The maximum atomic E-state index is 12.3. The molecule has 0 aliphatic rings. The number of aromatic amines is 1. The van der Waals surface area contributed by atoms with Gasteiger partial charge >= 0.3 is 6.18 Å². The van der Waals surface area contributed by atoms with Crippen LogP contribution in [0.5, 0.6) is 0 Å². The number of aromatic nitrogens is 3. The molecule has 0 unspecified atom stereocenters. The fourth-order valence-corrected chi connectivity index (χ4v) is 1.96. The molecule has 18 heavy (non-hydrogen) atoms. The Balaban J connectivity index is 2.30. The molecule has 0 aliphatic carbocycles. The number of rotatable bonds is 2. The average molecular weight is 278 g/mol. The number of carbonyl (C=O) groups is 1. The number of hydrogen-bond donors (Lipinski definition) is 3. The molecule has 0 saturated carbocycles. The first-order valence-corrected chi connectivity index (χ1v) is 5.27. The van der Waals surface area contributed by atoms with Crippen LogP contribution in [-0.4, -0.2) is 26.3 Å². The lowest BCUT2D eigenvalue weighted by molar-refractivity contribution is -0.144. The average Bonchev–Trinajstić information content (AvgIpc) is 2.94. The zero-order valence-corrected chi connectivity index (χ0v) is 9.26. The van der Waals surface area contributed by atoms with Gasteiger partial charge in [-0.3, -0.25) is 15.1 Å². The van der Waals surface area contributed by atoms with Crippen LogP contribution in [0.3, 0.4) is 0 Å². The molecule has 1 amide bonds. The molecule has 0 bridgehead atoms. The summed E-state index contributed by atoms with van der Waals surface area (Å²) in [6, 6.07) is 2.73. The number of H-pyrrole nitrogens is 1. The van der Waals surface area contributed by atoms with E-state index in [1.807, 2.05) is 0 Å². The number of alkyl halides is 3. The zero-order valence-electron chi connectivity index (χ0n) is 8.45. The molecule has 0 aromatic carbocycles. The van der Waals surface area contributed by atoms with Gasteiger partial charge in [0.25, 0.3) is 5.91 Å². The number of nitrogens with zero attached hydrogens (tertiary/aromatic N) is 2. The minimum Gasteiger partial charge on any atom is -0.288 e. The van der Waals surface area contributed by atoms with Crippen LogP contribution in [0.25, 0.3) is 10.7 Å². The Morgan fingerprint density at radius 3 is 2.72 bits per heavy atom. The predicted octanol–water partition coefficient (Wildman–Crippen LogP) is 1.67. The van der Waals surface area contributed by atoms with Gasteiger partial charge in [-0.2, -0.15) is 18.3 Å². The molecule has 10 heteroatoms. The largest absolute Gasteiger partial charge is 0.451 e. The Morgan fingerprint density at radius 1 is 1.44 bits per heavy atom. The third-order valence-corrected chi connectivity index (χ3v) is 2.99. The molecule has 96 valence electrons. The van der Waals surface area contributed by atoms with E-state index < -0.39 is 17.9 Å². The molecule has 2 aromatic heterocycles. The van der Waals surface area contributed by atoms with Crippen LogP contribution in [-0.2, 0) is 6.18 Å². The molecule has 0 fully saturated rings. The van der Waals surface area contributed by atoms with E-state index in [2.05, 4.69) is 10.1 Å². The lowest BCUT2D eigenvalue weighted by Gasteiger charge is -1.98. The highest BCUT2D eigenvalue weighted by molar-refractivity contribution is 7.17. The van der Waals surface area contributed by atoms with Crippen molar-refractivity contribution in [2.45, 2.75) is 6.18 Å². The second-order valence-electron chi connectivity index (χ2n) is 3.11. The Bertz CT molecular complexity index is 577. The molecule has 0 spiro atoms. The Hall–Kier alpha value is -1.94. The molecular weight excluding hydrogens is 273 g/mol. The normalized spacial score (nSPS) is 11.6. The number of thiophene rings is 1. The lowest BCUT2D eigenvalue weighted by atomic mass is 10.4. The second kappa shape index (κ2) is 4.38. The minimum atomic E-state index is -4.60. The topological polar surface area (TPSA) is 90.9 Å². The van der Waals surface area contributed by atoms with Crippen molar-refractivity contribution in [3.05, 3.63) is 22.8 Å². The van der Waals surface area contributed by atoms with Gasteiger partial charge in [-0.25, -0.2) is 10.5 Å². The fraction of sp³-hybridized carbons (Fsp3) is 0.125. The maximum Gasteiger partial charge on any atom is 0.451 e. The minimum absolute atomic E-state index is 0.130. The summed E-state index contributed by atoms with van der Waals surface area (Å²) >= 11 is 0.858. The summed E-state index contributed by atoms with van der Waals surface area (Å²) in [6.45, 7) is 0. The van der Waals surface area contributed by atoms with E-state index >= 15 is 0 Å². The van der Waals surface area contributed by atoms with E-state index in [0.29, 0.717) is 0 Å². The van der Waals surface area contributed by atoms with Crippen LogP contribution in [0.15, 0.2) is 12.1 Å². The fourth-order valence-electron chi connectivity index (χ4n) is 1.13. The first-order chi connectivity index (χ1) is 8.41. The van der Waals surface area contributed by atoms with Crippen molar-refractivity contribution in [1.82, 2.24) is 20.7 Å². The van der Waals surface area contributed by atoms with Crippen LogP contribution in [0, 0.1) is 0 Å². The number of nitrogens with one attached hydrogen (secondary N) is 2. The van der Waals surface area contributed by atoms with Crippen molar-refractivity contribution >= 4 is 17.2 Å². The monoisotopic (exact) mass is 278 g/mol. The van der Waals surface area contributed by atoms with E-state index in [1.54, 1.807) is 5.10 Å². The number of hydrogen-bond acceptors (Lipinski definition) is 5. The van der Waals surface area contributed by atoms with E-state index in [-0.39, 0.29) is 15.6 Å². The molecule has 0 radical (unpaired) electrons. The quantitative estimate of drug-likeness (QED) is 0.575. The molecule has 2 aromatic rings. The summed E-state index contributed by atoms with van der Waals surface area (Å²) in [6.07, 6.45) is -4.60. The van der Waals surface area contributed by atoms with Gasteiger partial charge in [0.05, 0.1) is 9.75 Å². The SMILES string of the molecule is O=C(NO)c1ccc(-c2n[nH]c(C(F)(F)F)n2)s1. The van der Waals surface area contributed by atoms with E-state index in [0.717, 1.165) is 11.3 Å². The first-order valence-electron chi connectivity index (χ1n) is 4.46. The van der Waals surface area contributed by atoms with Gasteiger partial charge < -0.3 is 0 Å². The highest BCUT2D eigenvalue weighted by atomic mass is 32.1. The highest BCUT2D eigenvalue weighted by Crippen LogP contribution is 2.30. The number of halogens is 3. The van der Waals surface area contributed by atoms with Crippen molar-refractivity contribution in [2.75, 3.05) is 0 Å². The molecule has 0 atom stereocenters. The van der Waals surface area contributed by atoms with Crippen molar-refractivity contribution in [2.24, 2.45) is 0 Å². The van der Waals surface area contributed by atoms with Crippen LogP contribution >= 0.6 is 11.3 Å². The maximum absolute atomic E-state index is 12.3. The lowest BCUT2D eigenvalue weighted by Crippen LogP contribution is -2.16. The standard InChI is InChI=1S/C8H5F3N4O2S/c9-8(10,11)7-12-5(13-14-7)3-1-2-4(18-3)6(16)15-17/h1-2,17H,(H,15,16)(H,12,13,14). The van der Waals surface area contributed by atoms with Crippen LogP contribution in [0.2, 0.25) is 0 Å². The van der Waals surface area contributed by atoms with Gasteiger partial charge in [-0.05, 0) is 12.1 Å². The third kappa shape index (κ3) is 2.33. The van der Waals surface area contributed by atoms with Gasteiger partial charge in [0.1, 0.15) is 0 Å². The molecule has 0 saturated heterocycles. The third-order valence-electron chi connectivity index (χ3n) is 1.91. The van der Waals surface area contributed by atoms with Crippen molar-refractivity contribution in [3.8, 4) is 10.7 Å². The van der Waals surface area contributed by atoms with E-state index in [9.17, 15) is 18.0 Å². The number of amides is 1. The molecule has 0 aliphatic heterocycles. The van der Waals surface area contributed by atoms with E-state index in [1.165, 1.54) is 17.6 Å².